The molecule has 0 atom stereocenters. The van der Waals surface area contributed by atoms with E-state index in [1.54, 1.807) is 0 Å². The summed E-state index contributed by atoms with van der Waals surface area (Å²) in [5.41, 5.74) is 0.176. The molecular weight excluding hydrogens is 160 g/mol. The van der Waals surface area contributed by atoms with Crippen molar-refractivity contribution < 1.29 is 14.7 Å². The molecule has 0 aromatic heterocycles. The number of hydrogen-bond acceptors (Lipinski definition) is 2. The summed E-state index contributed by atoms with van der Waals surface area (Å²) in [6, 6.07) is -0.0463. The second-order valence-electron chi connectivity index (χ2n) is 2.27. The highest BCUT2D eigenvalue weighted by Gasteiger charge is 2.03. The smallest absolute Gasteiger partial charge is 0.330 e. The van der Waals surface area contributed by atoms with Crippen molar-refractivity contribution in [1.29, 1.82) is 0 Å². The van der Waals surface area contributed by atoms with Gasteiger partial charge in [0.25, 0.3) is 0 Å². The van der Waals surface area contributed by atoms with Crippen molar-refractivity contribution >= 4 is 12.0 Å². The number of aliphatic carboxylic acids is 1. The fourth-order valence-electron chi connectivity index (χ4n) is 0.415. The number of carbonyl (C=O) groups excluding carboxylic acids is 1. The van der Waals surface area contributed by atoms with Gasteiger partial charge in [-0.1, -0.05) is 6.58 Å². The van der Waals surface area contributed by atoms with Crippen LogP contribution in [0.1, 0.15) is 6.92 Å². The lowest BCUT2D eigenvalue weighted by Gasteiger charge is -1.80. The minimum atomic E-state index is -0.935. The highest BCUT2D eigenvalue weighted by Crippen LogP contribution is 1.81. The molecule has 0 spiro atoms. The normalized spacial score (nSPS) is 13.6. The van der Waals surface area contributed by atoms with Crippen LogP contribution < -0.4 is 10.6 Å². The summed E-state index contributed by atoms with van der Waals surface area (Å²) in [5, 5.41) is 13.0. The molecule has 3 N–H and O–H groups in total. The Balaban J connectivity index is 0.000000202. The van der Waals surface area contributed by atoms with Crippen molar-refractivity contribution in [2.24, 2.45) is 0 Å². The molecule has 0 saturated carbocycles. The second-order valence-corrected chi connectivity index (χ2v) is 2.27. The molecule has 2 amide bonds. The SMILES string of the molecule is C=C(C)C(=O)O.O=C1NCCN1. The first-order chi connectivity index (χ1) is 5.54. The zero-order valence-corrected chi connectivity index (χ0v) is 6.89. The molecule has 12 heavy (non-hydrogen) atoms. The number of amides is 2. The van der Waals surface area contributed by atoms with Crippen molar-refractivity contribution in [2.75, 3.05) is 13.1 Å². The van der Waals surface area contributed by atoms with Gasteiger partial charge in [-0.15, -0.1) is 0 Å². The maximum Gasteiger partial charge on any atom is 0.330 e. The molecule has 1 fully saturated rings. The van der Waals surface area contributed by atoms with Crippen LogP contribution in [0.5, 0.6) is 0 Å². The maximum atomic E-state index is 10.0. The molecule has 1 aliphatic heterocycles. The largest absolute Gasteiger partial charge is 0.478 e. The minimum absolute atomic E-state index is 0.0463. The Morgan fingerprint density at radius 1 is 1.50 bits per heavy atom. The molecule has 0 unspecified atom stereocenters. The maximum absolute atomic E-state index is 10.0. The van der Waals surface area contributed by atoms with E-state index >= 15 is 0 Å². The van der Waals surface area contributed by atoms with E-state index in [2.05, 4.69) is 17.2 Å². The van der Waals surface area contributed by atoms with Crippen LogP contribution in [0.3, 0.4) is 0 Å². The molecule has 1 heterocycles. The first-order valence-electron chi connectivity index (χ1n) is 3.44. The lowest BCUT2D eigenvalue weighted by atomic mass is 10.4. The highest BCUT2D eigenvalue weighted by molar-refractivity contribution is 5.84. The number of carboxylic acid groups (broad SMARTS) is 1. The molecule has 68 valence electrons. The Bertz CT molecular complexity index is 181. The van der Waals surface area contributed by atoms with Crippen molar-refractivity contribution in [3.05, 3.63) is 12.2 Å². The first kappa shape index (κ1) is 10.5. The van der Waals surface area contributed by atoms with Gasteiger partial charge in [-0.25, -0.2) is 9.59 Å². The molecule has 0 aromatic carbocycles. The highest BCUT2D eigenvalue weighted by atomic mass is 16.4. The van der Waals surface area contributed by atoms with Crippen LogP contribution in [0, 0.1) is 0 Å². The number of hydrogen-bond donors (Lipinski definition) is 3. The summed E-state index contributed by atoms with van der Waals surface area (Å²) in [5.74, 6) is -0.935. The Labute approximate surface area is 70.5 Å². The van der Waals surface area contributed by atoms with Crippen LogP contribution in [-0.2, 0) is 4.79 Å². The summed E-state index contributed by atoms with van der Waals surface area (Å²) < 4.78 is 0. The number of carbonyl (C=O) groups is 2. The van der Waals surface area contributed by atoms with E-state index in [1.807, 2.05) is 0 Å². The van der Waals surface area contributed by atoms with Gasteiger partial charge in [-0.05, 0) is 6.92 Å². The monoisotopic (exact) mass is 172 g/mol. The summed E-state index contributed by atoms with van der Waals surface area (Å²) in [6.07, 6.45) is 0. The van der Waals surface area contributed by atoms with E-state index in [1.165, 1.54) is 6.92 Å². The zero-order chi connectivity index (χ0) is 9.56. The van der Waals surface area contributed by atoms with Crippen LogP contribution in [0.25, 0.3) is 0 Å². The molecule has 1 aliphatic rings. The summed E-state index contributed by atoms with van der Waals surface area (Å²) >= 11 is 0. The van der Waals surface area contributed by atoms with Crippen LogP contribution in [0.4, 0.5) is 4.79 Å². The van der Waals surface area contributed by atoms with Crippen LogP contribution in [0.2, 0.25) is 0 Å². The number of nitrogens with one attached hydrogen (secondary N) is 2. The van der Waals surface area contributed by atoms with E-state index in [-0.39, 0.29) is 11.6 Å². The van der Waals surface area contributed by atoms with Gasteiger partial charge in [0.05, 0.1) is 0 Å². The quantitative estimate of drug-likeness (QED) is 0.485. The van der Waals surface area contributed by atoms with E-state index in [0.717, 1.165) is 13.1 Å². The Kier molecular flexibility index (Phi) is 4.52. The molecule has 5 heteroatoms. The Hall–Kier alpha value is -1.52. The fraction of sp³-hybridized carbons (Fsp3) is 0.429. The van der Waals surface area contributed by atoms with E-state index in [9.17, 15) is 9.59 Å². The number of rotatable bonds is 1. The second kappa shape index (κ2) is 5.17. The van der Waals surface area contributed by atoms with Gasteiger partial charge in [0.2, 0.25) is 0 Å². The number of urea groups is 1. The lowest BCUT2D eigenvalue weighted by Crippen LogP contribution is -2.20. The molecule has 1 saturated heterocycles. The van der Waals surface area contributed by atoms with Crippen molar-refractivity contribution in [3.63, 3.8) is 0 Å². The third kappa shape index (κ3) is 5.28. The molecule has 0 aromatic rings. The zero-order valence-electron chi connectivity index (χ0n) is 6.89. The van der Waals surface area contributed by atoms with E-state index < -0.39 is 5.97 Å². The predicted octanol–water partition coefficient (Wildman–Crippen LogP) is -0.0537. The van der Waals surface area contributed by atoms with Gasteiger partial charge >= 0.3 is 12.0 Å². The molecular formula is C7H12N2O3. The van der Waals surface area contributed by atoms with Gasteiger partial charge in [-0.2, -0.15) is 0 Å². The van der Waals surface area contributed by atoms with Gasteiger partial charge in [0, 0.05) is 18.7 Å². The van der Waals surface area contributed by atoms with Gasteiger partial charge in [0.1, 0.15) is 0 Å². The first-order valence-corrected chi connectivity index (χ1v) is 3.44. The van der Waals surface area contributed by atoms with Crippen molar-refractivity contribution in [1.82, 2.24) is 10.6 Å². The van der Waals surface area contributed by atoms with Crippen LogP contribution in [0.15, 0.2) is 12.2 Å². The van der Waals surface area contributed by atoms with Crippen LogP contribution >= 0.6 is 0 Å². The molecule has 0 aliphatic carbocycles. The average molecular weight is 172 g/mol. The van der Waals surface area contributed by atoms with E-state index in [4.69, 9.17) is 5.11 Å². The van der Waals surface area contributed by atoms with Gasteiger partial charge in [-0.3, -0.25) is 0 Å². The van der Waals surface area contributed by atoms with Gasteiger partial charge < -0.3 is 15.7 Å². The molecule has 0 bridgehead atoms. The third-order valence-electron chi connectivity index (χ3n) is 1.06. The Morgan fingerprint density at radius 2 is 1.83 bits per heavy atom. The molecule has 1 rings (SSSR count). The number of carboxylic acids is 1. The van der Waals surface area contributed by atoms with Gasteiger partial charge in [0.15, 0.2) is 0 Å². The average Bonchev–Trinajstić information content (AvgIpc) is 2.40. The van der Waals surface area contributed by atoms with Crippen molar-refractivity contribution in [2.45, 2.75) is 6.92 Å². The van der Waals surface area contributed by atoms with Crippen molar-refractivity contribution in [3.8, 4) is 0 Å². The standard InChI is InChI=1S/C4H6O2.C3H6N2O/c1-3(2)4(5)6;6-3-4-1-2-5-3/h1H2,2H3,(H,5,6);1-2H2,(H2,4,5,6). The van der Waals surface area contributed by atoms with E-state index in [0.29, 0.717) is 0 Å². The minimum Gasteiger partial charge on any atom is -0.478 e. The topological polar surface area (TPSA) is 78.4 Å². The lowest BCUT2D eigenvalue weighted by molar-refractivity contribution is -0.132. The van der Waals surface area contributed by atoms with Crippen LogP contribution in [-0.4, -0.2) is 30.2 Å². The summed E-state index contributed by atoms with van der Waals surface area (Å²) in [7, 11) is 0. The molecule has 5 nitrogen and oxygen atoms in total. The molecule has 0 radical (unpaired) electrons. The predicted molar refractivity (Wildman–Crippen MR) is 43.9 cm³/mol. The summed E-state index contributed by atoms with van der Waals surface area (Å²) in [6.45, 7) is 6.16. The third-order valence-corrected chi connectivity index (χ3v) is 1.06. The fourth-order valence-corrected chi connectivity index (χ4v) is 0.415. The Morgan fingerprint density at radius 3 is 1.92 bits per heavy atom. The summed E-state index contributed by atoms with van der Waals surface area (Å²) in [4.78, 5) is 19.6.